The van der Waals surface area contributed by atoms with Crippen molar-refractivity contribution in [1.29, 1.82) is 0 Å². The van der Waals surface area contributed by atoms with Crippen LogP contribution in [0.1, 0.15) is 24.7 Å². The number of benzene rings is 1. The fourth-order valence-corrected chi connectivity index (χ4v) is 4.19. The van der Waals surface area contributed by atoms with Crippen LogP contribution in [-0.2, 0) is 22.6 Å². The van der Waals surface area contributed by atoms with E-state index in [4.69, 9.17) is 28.2 Å². The first kappa shape index (κ1) is 21.6. The van der Waals surface area contributed by atoms with E-state index in [1.807, 2.05) is 27.8 Å². The molecule has 2 amide bonds. The van der Waals surface area contributed by atoms with Gasteiger partial charge >= 0.3 is 0 Å². The molecule has 0 saturated carbocycles. The van der Waals surface area contributed by atoms with Crippen molar-refractivity contribution in [3.05, 3.63) is 58.1 Å². The second-order valence-electron chi connectivity index (χ2n) is 7.61. The summed E-state index contributed by atoms with van der Waals surface area (Å²) in [5, 5.41) is 0.904. The summed E-state index contributed by atoms with van der Waals surface area (Å²) >= 11 is 12.5. The van der Waals surface area contributed by atoms with E-state index in [0.717, 1.165) is 22.4 Å². The average Bonchev–Trinajstić information content (AvgIpc) is 3.08. The molecule has 0 atom stereocenters. The fraction of sp³-hybridized carbons (Fsp3) is 0.364. The molecule has 0 bridgehead atoms. The summed E-state index contributed by atoms with van der Waals surface area (Å²) in [5.41, 5.74) is 2.63. The molecule has 1 fully saturated rings. The molecule has 4 rings (SSSR count). The van der Waals surface area contributed by atoms with Crippen molar-refractivity contribution in [2.45, 2.75) is 26.3 Å². The number of nitrogens with zero attached hydrogens (tertiary/aromatic N) is 5. The number of hydrogen-bond acceptors (Lipinski definition) is 4. The van der Waals surface area contributed by atoms with E-state index < -0.39 is 0 Å². The lowest BCUT2D eigenvalue weighted by atomic mass is 10.2. The lowest BCUT2D eigenvalue weighted by Crippen LogP contribution is -2.50. The monoisotopic (exact) mass is 459 g/mol. The third-order valence-electron chi connectivity index (χ3n) is 5.58. The van der Waals surface area contributed by atoms with Crippen molar-refractivity contribution in [3.63, 3.8) is 0 Å². The molecule has 31 heavy (non-hydrogen) atoms. The van der Waals surface area contributed by atoms with Crippen LogP contribution in [-0.4, -0.2) is 62.3 Å². The van der Waals surface area contributed by atoms with E-state index >= 15 is 0 Å². The molecule has 0 spiro atoms. The van der Waals surface area contributed by atoms with E-state index in [-0.39, 0.29) is 11.8 Å². The van der Waals surface area contributed by atoms with Gasteiger partial charge in [-0.2, -0.15) is 0 Å². The number of imidazole rings is 1. The van der Waals surface area contributed by atoms with Crippen LogP contribution in [0, 0.1) is 0 Å². The second-order valence-corrected chi connectivity index (χ2v) is 8.42. The van der Waals surface area contributed by atoms with Gasteiger partial charge < -0.3 is 14.4 Å². The lowest BCUT2D eigenvalue weighted by Gasteiger charge is -2.34. The van der Waals surface area contributed by atoms with Gasteiger partial charge in [0.15, 0.2) is 0 Å². The summed E-state index contributed by atoms with van der Waals surface area (Å²) in [6, 6.07) is 7.44. The Labute approximate surface area is 190 Å². The Morgan fingerprint density at radius 3 is 2.45 bits per heavy atom. The third kappa shape index (κ3) is 4.83. The Balaban J connectivity index is 1.54. The molecule has 162 valence electrons. The highest BCUT2D eigenvalue weighted by Gasteiger charge is 2.23. The van der Waals surface area contributed by atoms with Crippen LogP contribution in [0.15, 0.2) is 36.7 Å². The van der Waals surface area contributed by atoms with Crippen molar-refractivity contribution in [2.75, 3.05) is 26.2 Å². The van der Waals surface area contributed by atoms with Gasteiger partial charge in [-0.3, -0.25) is 14.6 Å². The van der Waals surface area contributed by atoms with E-state index in [9.17, 15) is 9.59 Å². The predicted molar refractivity (Wildman–Crippen MR) is 120 cm³/mol. The van der Waals surface area contributed by atoms with Gasteiger partial charge in [0.05, 0.1) is 21.1 Å². The maximum Gasteiger partial charge on any atom is 0.224 e. The SMILES string of the molecule is CC(=O)N1CCN(C(=O)CCn2c(Cc3cccnc3)nc3cc(Cl)c(Cl)cc32)CC1. The number of carbonyl (C=O) groups is 2. The van der Waals surface area contributed by atoms with Crippen LogP contribution in [0.25, 0.3) is 11.0 Å². The lowest BCUT2D eigenvalue weighted by molar-refractivity contribution is -0.138. The molecule has 0 unspecified atom stereocenters. The molecular formula is C22H23Cl2N5O2. The van der Waals surface area contributed by atoms with Crippen molar-refractivity contribution >= 4 is 46.0 Å². The Kier molecular flexibility index (Phi) is 6.43. The van der Waals surface area contributed by atoms with Crippen LogP contribution < -0.4 is 0 Å². The van der Waals surface area contributed by atoms with Crippen molar-refractivity contribution in [2.24, 2.45) is 0 Å². The predicted octanol–water partition coefficient (Wildman–Crippen LogP) is 3.41. The molecular weight excluding hydrogens is 437 g/mol. The van der Waals surface area contributed by atoms with Gasteiger partial charge in [-0.15, -0.1) is 0 Å². The molecule has 1 aliphatic rings. The molecule has 9 heteroatoms. The molecule has 1 aliphatic heterocycles. The third-order valence-corrected chi connectivity index (χ3v) is 6.30. The first-order chi connectivity index (χ1) is 14.9. The highest BCUT2D eigenvalue weighted by molar-refractivity contribution is 6.42. The first-order valence-electron chi connectivity index (χ1n) is 10.2. The van der Waals surface area contributed by atoms with Gasteiger partial charge in [0, 0.05) is 64.9 Å². The number of amides is 2. The summed E-state index contributed by atoms with van der Waals surface area (Å²) in [4.78, 5) is 36.9. The Morgan fingerprint density at radius 1 is 1.06 bits per heavy atom. The van der Waals surface area contributed by atoms with Crippen molar-refractivity contribution in [3.8, 4) is 0 Å². The summed E-state index contributed by atoms with van der Waals surface area (Å²) in [6.45, 7) is 4.32. The zero-order valence-corrected chi connectivity index (χ0v) is 18.7. The van der Waals surface area contributed by atoms with Crippen LogP contribution in [0.3, 0.4) is 0 Å². The van der Waals surface area contributed by atoms with Crippen LogP contribution >= 0.6 is 23.2 Å². The number of aryl methyl sites for hydroxylation is 1. The fourth-order valence-electron chi connectivity index (χ4n) is 3.88. The number of aromatic nitrogens is 3. The molecule has 0 aliphatic carbocycles. The summed E-state index contributed by atoms with van der Waals surface area (Å²) < 4.78 is 2.04. The Bertz CT molecular complexity index is 1110. The standard InChI is InChI=1S/C22H23Cl2N5O2/c1-15(30)27-7-9-28(10-8-27)22(31)4-6-29-20-13-18(24)17(23)12-19(20)26-21(29)11-16-3-2-5-25-14-16/h2-3,5,12-14H,4,6-11H2,1H3. The number of rotatable bonds is 5. The van der Waals surface area contributed by atoms with Gasteiger partial charge in [-0.25, -0.2) is 4.98 Å². The van der Waals surface area contributed by atoms with E-state index in [2.05, 4.69) is 4.98 Å². The number of carbonyl (C=O) groups excluding carboxylic acids is 2. The van der Waals surface area contributed by atoms with Gasteiger partial charge in [-0.1, -0.05) is 29.3 Å². The minimum Gasteiger partial charge on any atom is -0.339 e. The maximum atomic E-state index is 12.8. The number of halogens is 2. The van der Waals surface area contributed by atoms with Gasteiger partial charge in [0.1, 0.15) is 5.82 Å². The van der Waals surface area contributed by atoms with Crippen LogP contribution in [0.4, 0.5) is 0 Å². The van der Waals surface area contributed by atoms with Crippen molar-refractivity contribution < 1.29 is 9.59 Å². The molecule has 0 N–H and O–H groups in total. The summed E-state index contributed by atoms with van der Waals surface area (Å²) in [5.74, 6) is 0.945. The second kappa shape index (κ2) is 9.24. The Morgan fingerprint density at radius 2 is 1.77 bits per heavy atom. The average molecular weight is 460 g/mol. The number of piperazine rings is 1. The molecule has 1 saturated heterocycles. The summed E-state index contributed by atoms with van der Waals surface area (Å²) in [6.07, 6.45) is 4.47. The number of hydrogen-bond donors (Lipinski definition) is 0. The largest absolute Gasteiger partial charge is 0.339 e. The molecule has 2 aromatic heterocycles. The van der Waals surface area contributed by atoms with E-state index in [1.54, 1.807) is 30.2 Å². The van der Waals surface area contributed by atoms with Crippen LogP contribution in [0.5, 0.6) is 0 Å². The van der Waals surface area contributed by atoms with Crippen molar-refractivity contribution in [1.82, 2.24) is 24.3 Å². The minimum atomic E-state index is 0.0487. The molecule has 1 aromatic carbocycles. The molecule has 7 nitrogen and oxygen atoms in total. The quantitative estimate of drug-likeness (QED) is 0.585. The molecule has 3 aromatic rings. The zero-order chi connectivity index (χ0) is 22.0. The topological polar surface area (TPSA) is 71.3 Å². The minimum absolute atomic E-state index is 0.0487. The first-order valence-corrected chi connectivity index (χ1v) is 10.9. The highest BCUT2D eigenvalue weighted by atomic mass is 35.5. The van der Waals surface area contributed by atoms with Gasteiger partial charge in [0.25, 0.3) is 0 Å². The molecule has 0 radical (unpaired) electrons. The van der Waals surface area contributed by atoms with Gasteiger partial charge in [0.2, 0.25) is 11.8 Å². The zero-order valence-electron chi connectivity index (χ0n) is 17.2. The van der Waals surface area contributed by atoms with E-state index in [0.29, 0.717) is 55.6 Å². The summed E-state index contributed by atoms with van der Waals surface area (Å²) in [7, 11) is 0. The highest BCUT2D eigenvalue weighted by Crippen LogP contribution is 2.29. The Hall–Kier alpha value is -2.64. The van der Waals surface area contributed by atoms with Crippen LogP contribution in [0.2, 0.25) is 10.0 Å². The number of fused-ring (bicyclic) bond motifs is 1. The number of pyridine rings is 1. The van der Waals surface area contributed by atoms with Gasteiger partial charge in [-0.05, 0) is 23.8 Å². The molecule has 3 heterocycles. The van der Waals surface area contributed by atoms with E-state index in [1.165, 1.54) is 0 Å². The normalized spacial score (nSPS) is 14.3. The smallest absolute Gasteiger partial charge is 0.224 e. The maximum absolute atomic E-state index is 12.8.